The number of piperazine rings is 1. The first-order valence-corrected chi connectivity index (χ1v) is 7.46. The van der Waals surface area contributed by atoms with Crippen LogP contribution in [-0.4, -0.2) is 47.0 Å². The summed E-state index contributed by atoms with van der Waals surface area (Å²) in [5.74, 6) is 0.560. The van der Waals surface area contributed by atoms with Crippen molar-refractivity contribution in [2.75, 3.05) is 26.2 Å². The van der Waals surface area contributed by atoms with Crippen LogP contribution >= 0.6 is 0 Å². The van der Waals surface area contributed by atoms with Gasteiger partial charge in [0.05, 0.1) is 0 Å². The third-order valence-corrected chi connectivity index (χ3v) is 4.03. The van der Waals surface area contributed by atoms with Gasteiger partial charge in [0.15, 0.2) is 0 Å². The average Bonchev–Trinajstić information content (AvgIpc) is 2.39. The molecule has 2 rings (SSSR count). The van der Waals surface area contributed by atoms with Crippen molar-refractivity contribution in [1.82, 2.24) is 14.8 Å². The quantitative estimate of drug-likeness (QED) is 0.831. The van der Waals surface area contributed by atoms with Crippen molar-refractivity contribution in [2.45, 2.75) is 46.2 Å². The molecule has 0 radical (unpaired) electrons. The molecule has 1 aliphatic heterocycles. The van der Waals surface area contributed by atoms with Crippen LogP contribution in [0.3, 0.4) is 0 Å². The maximum absolute atomic E-state index is 4.38. The third kappa shape index (κ3) is 4.02. The minimum atomic E-state index is 0.560. The topological polar surface area (TPSA) is 19.4 Å². The molecule has 0 N–H and O–H groups in total. The second-order valence-corrected chi connectivity index (χ2v) is 6.19. The second-order valence-electron chi connectivity index (χ2n) is 6.19. The number of rotatable bonds is 4. The van der Waals surface area contributed by atoms with Gasteiger partial charge in [0.1, 0.15) is 0 Å². The maximum atomic E-state index is 4.38. The van der Waals surface area contributed by atoms with Gasteiger partial charge in [-0.1, -0.05) is 19.9 Å². The van der Waals surface area contributed by atoms with Gasteiger partial charge in [-0.15, -0.1) is 0 Å². The molecule has 0 aliphatic carbocycles. The molecule has 106 valence electrons. The minimum Gasteiger partial charge on any atom is -0.298 e. The van der Waals surface area contributed by atoms with E-state index < -0.39 is 0 Å². The van der Waals surface area contributed by atoms with E-state index in [0.717, 1.165) is 6.54 Å². The smallest absolute Gasteiger partial charge is 0.0313 e. The molecule has 1 aliphatic rings. The molecular weight excluding hydrogens is 234 g/mol. The second kappa shape index (κ2) is 6.49. The highest BCUT2D eigenvalue weighted by Crippen LogP contribution is 2.16. The van der Waals surface area contributed by atoms with Gasteiger partial charge >= 0.3 is 0 Å². The zero-order chi connectivity index (χ0) is 13.8. The third-order valence-electron chi connectivity index (χ3n) is 4.03. The molecule has 1 saturated heterocycles. The first-order valence-electron chi connectivity index (χ1n) is 7.46. The van der Waals surface area contributed by atoms with Gasteiger partial charge < -0.3 is 0 Å². The highest BCUT2D eigenvalue weighted by molar-refractivity contribution is 5.20. The Balaban J connectivity index is 1.90. The molecule has 0 bridgehead atoms. The van der Waals surface area contributed by atoms with Crippen LogP contribution in [0.2, 0.25) is 0 Å². The Bertz CT molecular complexity index is 393. The molecule has 0 spiro atoms. The molecule has 0 amide bonds. The van der Waals surface area contributed by atoms with Crippen LogP contribution in [-0.2, 0) is 6.54 Å². The zero-order valence-electron chi connectivity index (χ0n) is 12.8. The Kier molecular flexibility index (Phi) is 4.94. The lowest BCUT2D eigenvalue weighted by Crippen LogP contribution is -2.48. The molecule has 0 unspecified atom stereocenters. The molecule has 2 heterocycles. The van der Waals surface area contributed by atoms with Crippen molar-refractivity contribution in [3.05, 3.63) is 29.6 Å². The van der Waals surface area contributed by atoms with Gasteiger partial charge in [0.2, 0.25) is 0 Å². The summed E-state index contributed by atoms with van der Waals surface area (Å²) in [5.41, 5.74) is 2.70. The van der Waals surface area contributed by atoms with Crippen molar-refractivity contribution in [2.24, 2.45) is 0 Å². The molecule has 0 saturated carbocycles. The van der Waals surface area contributed by atoms with E-state index in [1.54, 1.807) is 0 Å². The summed E-state index contributed by atoms with van der Waals surface area (Å²) in [6.07, 6.45) is 4.01. The fourth-order valence-electron chi connectivity index (χ4n) is 2.61. The van der Waals surface area contributed by atoms with Crippen molar-refractivity contribution in [3.63, 3.8) is 0 Å². The van der Waals surface area contributed by atoms with E-state index in [1.807, 2.05) is 12.4 Å². The Morgan fingerprint density at radius 3 is 2.32 bits per heavy atom. The summed E-state index contributed by atoms with van der Waals surface area (Å²) in [6.45, 7) is 14.8. The van der Waals surface area contributed by atoms with Crippen LogP contribution in [0.1, 0.15) is 44.7 Å². The lowest BCUT2D eigenvalue weighted by atomic mass is 10.0. The highest BCUT2D eigenvalue weighted by Gasteiger charge is 2.18. The highest BCUT2D eigenvalue weighted by atomic mass is 15.3. The van der Waals surface area contributed by atoms with E-state index in [4.69, 9.17) is 0 Å². The van der Waals surface area contributed by atoms with Crippen LogP contribution in [0.4, 0.5) is 0 Å². The summed E-state index contributed by atoms with van der Waals surface area (Å²) in [7, 11) is 0. The Labute approximate surface area is 117 Å². The van der Waals surface area contributed by atoms with Crippen molar-refractivity contribution in [3.8, 4) is 0 Å². The fourth-order valence-corrected chi connectivity index (χ4v) is 2.61. The Morgan fingerprint density at radius 1 is 1.05 bits per heavy atom. The van der Waals surface area contributed by atoms with E-state index in [2.05, 4.69) is 48.5 Å². The number of nitrogens with zero attached hydrogens (tertiary/aromatic N) is 3. The average molecular weight is 261 g/mol. The van der Waals surface area contributed by atoms with Gasteiger partial charge in [-0.25, -0.2) is 0 Å². The van der Waals surface area contributed by atoms with E-state index >= 15 is 0 Å². The number of hydrogen-bond acceptors (Lipinski definition) is 3. The Morgan fingerprint density at radius 2 is 1.74 bits per heavy atom. The summed E-state index contributed by atoms with van der Waals surface area (Å²) in [6, 6.07) is 2.99. The van der Waals surface area contributed by atoms with Crippen LogP contribution < -0.4 is 0 Å². The lowest BCUT2D eigenvalue weighted by Gasteiger charge is -2.36. The number of aromatic nitrogens is 1. The van der Waals surface area contributed by atoms with E-state index in [-0.39, 0.29) is 0 Å². The zero-order valence-corrected chi connectivity index (χ0v) is 12.8. The van der Waals surface area contributed by atoms with E-state index in [9.17, 15) is 0 Å². The molecule has 0 aromatic carbocycles. The molecule has 0 atom stereocenters. The maximum Gasteiger partial charge on any atom is 0.0313 e. The van der Waals surface area contributed by atoms with Crippen LogP contribution in [0.15, 0.2) is 18.5 Å². The van der Waals surface area contributed by atoms with Crippen molar-refractivity contribution >= 4 is 0 Å². The van der Waals surface area contributed by atoms with Crippen molar-refractivity contribution < 1.29 is 0 Å². The first-order chi connectivity index (χ1) is 9.06. The van der Waals surface area contributed by atoms with Crippen LogP contribution in [0, 0.1) is 0 Å². The molecule has 3 nitrogen and oxygen atoms in total. The normalized spacial score (nSPS) is 18.4. The van der Waals surface area contributed by atoms with Gasteiger partial charge in [-0.2, -0.15) is 0 Å². The minimum absolute atomic E-state index is 0.560. The predicted molar refractivity (Wildman–Crippen MR) is 80.3 cm³/mol. The molecule has 3 heteroatoms. The summed E-state index contributed by atoms with van der Waals surface area (Å²) < 4.78 is 0. The molecule has 1 aromatic heterocycles. The molecular formula is C16H27N3. The predicted octanol–water partition coefficient (Wildman–Crippen LogP) is 2.73. The van der Waals surface area contributed by atoms with Crippen LogP contribution in [0.5, 0.6) is 0 Å². The van der Waals surface area contributed by atoms with Crippen LogP contribution in [0.25, 0.3) is 0 Å². The van der Waals surface area contributed by atoms with Gasteiger partial charge in [0, 0.05) is 51.2 Å². The molecule has 19 heavy (non-hydrogen) atoms. The SMILES string of the molecule is CC(C)c1cncc(CN2CCN(C(C)C)CC2)c1. The fraction of sp³-hybridized carbons (Fsp3) is 0.688. The first kappa shape index (κ1) is 14.5. The Hall–Kier alpha value is -0.930. The lowest BCUT2D eigenvalue weighted by molar-refractivity contribution is 0.104. The number of pyridine rings is 1. The van der Waals surface area contributed by atoms with Gasteiger partial charge in [-0.3, -0.25) is 14.8 Å². The van der Waals surface area contributed by atoms with E-state index in [1.165, 1.54) is 37.3 Å². The largest absolute Gasteiger partial charge is 0.298 e. The standard InChI is InChI=1S/C16H27N3/c1-13(2)16-9-15(10-17-11-16)12-18-5-7-19(8-6-18)14(3)4/h9-11,13-14H,5-8,12H2,1-4H3. The van der Waals surface area contributed by atoms with E-state index in [0.29, 0.717) is 12.0 Å². The number of hydrogen-bond donors (Lipinski definition) is 0. The van der Waals surface area contributed by atoms with Gasteiger partial charge in [0.25, 0.3) is 0 Å². The summed E-state index contributed by atoms with van der Waals surface area (Å²) >= 11 is 0. The summed E-state index contributed by atoms with van der Waals surface area (Å²) in [4.78, 5) is 9.47. The summed E-state index contributed by atoms with van der Waals surface area (Å²) in [5, 5.41) is 0. The van der Waals surface area contributed by atoms with Crippen molar-refractivity contribution in [1.29, 1.82) is 0 Å². The van der Waals surface area contributed by atoms with Gasteiger partial charge in [-0.05, 0) is 30.9 Å². The monoisotopic (exact) mass is 261 g/mol. The molecule has 1 fully saturated rings. The molecule has 1 aromatic rings.